The van der Waals surface area contributed by atoms with Crippen LogP contribution < -0.4 is 5.32 Å². The Hall–Kier alpha value is -2.57. The third-order valence-electron chi connectivity index (χ3n) is 2.87. The summed E-state index contributed by atoms with van der Waals surface area (Å²) in [7, 11) is 0. The van der Waals surface area contributed by atoms with Gasteiger partial charge in [-0.2, -0.15) is 13.2 Å². The number of phenols is 1. The molecule has 0 fully saturated rings. The zero-order valence-corrected chi connectivity index (χ0v) is 11.1. The predicted octanol–water partition coefficient (Wildman–Crippen LogP) is 3.48. The fraction of sp³-hybridized carbons (Fsp3) is 0.133. The molecule has 3 nitrogen and oxygen atoms in total. The molecule has 0 heterocycles. The Labute approximate surface area is 123 Å². The molecule has 0 bridgehead atoms. The van der Waals surface area contributed by atoms with Gasteiger partial charge in [-0.1, -0.05) is 0 Å². The van der Waals surface area contributed by atoms with Gasteiger partial charge in [-0.15, -0.1) is 0 Å². The second-order valence-electron chi connectivity index (χ2n) is 4.58. The highest BCUT2D eigenvalue weighted by Crippen LogP contribution is 2.30. The van der Waals surface area contributed by atoms with Crippen LogP contribution in [0, 0.1) is 5.82 Å². The number of amides is 1. The van der Waals surface area contributed by atoms with Gasteiger partial charge in [0.25, 0.3) is 5.91 Å². The Morgan fingerprint density at radius 3 is 2.32 bits per heavy atom. The summed E-state index contributed by atoms with van der Waals surface area (Å²) < 4.78 is 50.9. The van der Waals surface area contributed by atoms with Crippen molar-refractivity contribution in [3.8, 4) is 5.75 Å². The molecule has 22 heavy (non-hydrogen) atoms. The lowest BCUT2D eigenvalue weighted by molar-refractivity contribution is -0.137. The van der Waals surface area contributed by atoms with Gasteiger partial charge in [-0.25, -0.2) is 4.39 Å². The molecule has 0 saturated carbocycles. The van der Waals surface area contributed by atoms with Gasteiger partial charge in [0.2, 0.25) is 0 Å². The first-order chi connectivity index (χ1) is 10.3. The first kappa shape index (κ1) is 15.8. The Morgan fingerprint density at radius 1 is 1.09 bits per heavy atom. The number of halogens is 4. The molecular formula is C15H11F4NO2. The molecule has 0 unspecified atom stereocenters. The fourth-order valence-electron chi connectivity index (χ4n) is 1.81. The molecule has 0 aliphatic carbocycles. The number of aromatic hydroxyl groups is 1. The number of benzene rings is 2. The Bertz CT molecular complexity index is 681. The summed E-state index contributed by atoms with van der Waals surface area (Å²) in [5.41, 5.74) is -0.883. The van der Waals surface area contributed by atoms with Crippen molar-refractivity contribution in [3.05, 3.63) is 65.0 Å². The van der Waals surface area contributed by atoms with Gasteiger partial charge in [0, 0.05) is 12.1 Å². The number of alkyl halides is 3. The molecule has 0 aliphatic rings. The smallest absolute Gasteiger partial charge is 0.416 e. The summed E-state index contributed by atoms with van der Waals surface area (Å²) >= 11 is 0. The normalized spacial score (nSPS) is 11.3. The van der Waals surface area contributed by atoms with E-state index < -0.39 is 23.5 Å². The quantitative estimate of drug-likeness (QED) is 0.852. The van der Waals surface area contributed by atoms with E-state index in [4.69, 9.17) is 5.11 Å². The number of nitrogens with one attached hydrogen (secondary N) is 1. The molecule has 2 aromatic carbocycles. The van der Waals surface area contributed by atoms with Crippen molar-refractivity contribution >= 4 is 5.91 Å². The van der Waals surface area contributed by atoms with Crippen LogP contribution in [0.4, 0.5) is 17.6 Å². The van der Waals surface area contributed by atoms with Gasteiger partial charge >= 0.3 is 6.18 Å². The van der Waals surface area contributed by atoms with E-state index in [0.717, 1.165) is 12.1 Å². The van der Waals surface area contributed by atoms with Crippen LogP contribution in [0.15, 0.2) is 42.5 Å². The Kier molecular flexibility index (Phi) is 4.35. The van der Waals surface area contributed by atoms with Crippen molar-refractivity contribution < 1.29 is 27.5 Å². The average molecular weight is 313 g/mol. The van der Waals surface area contributed by atoms with E-state index in [2.05, 4.69) is 5.32 Å². The van der Waals surface area contributed by atoms with Crippen LogP contribution >= 0.6 is 0 Å². The molecule has 2 rings (SSSR count). The van der Waals surface area contributed by atoms with Crippen LogP contribution in [-0.4, -0.2) is 11.0 Å². The fourth-order valence-corrected chi connectivity index (χ4v) is 1.81. The minimum atomic E-state index is -4.65. The standard InChI is InChI=1S/C15H11F4NO2/c16-12-6-9(5-11(7-12)15(17,18)19)8-20-14(22)10-1-3-13(21)4-2-10/h1-7,21H,8H2,(H,20,22). The van der Waals surface area contributed by atoms with Gasteiger partial charge in [0.05, 0.1) is 5.56 Å². The van der Waals surface area contributed by atoms with Crippen molar-refractivity contribution in [2.75, 3.05) is 0 Å². The molecule has 7 heteroatoms. The molecule has 2 N–H and O–H groups in total. The highest BCUT2D eigenvalue weighted by Gasteiger charge is 2.31. The number of phenolic OH excluding ortho intramolecular Hbond substituents is 1. The van der Waals surface area contributed by atoms with E-state index in [1.807, 2.05) is 0 Å². The van der Waals surface area contributed by atoms with Gasteiger partial charge in [-0.3, -0.25) is 4.79 Å². The summed E-state index contributed by atoms with van der Waals surface area (Å²) in [4.78, 5) is 11.8. The topological polar surface area (TPSA) is 49.3 Å². The summed E-state index contributed by atoms with van der Waals surface area (Å²) in [6.07, 6.45) is -4.65. The van der Waals surface area contributed by atoms with E-state index in [0.29, 0.717) is 6.07 Å². The van der Waals surface area contributed by atoms with Crippen molar-refractivity contribution in [2.24, 2.45) is 0 Å². The maximum absolute atomic E-state index is 13.2. The third-order valence-corrected chi connectivity index (χ3v) is 2.87. The predicted molar refractivity (Wildman–Crippen MR) is 70.7 cm³/mol. The first-order valence-electron chi connectivity index (χ1n) is 6.19. The first-order valence-corrected chi connectivity index (χ1v) is 6.19. The Balaban J connectivity index is 2.10. The van der Waals surface area contributed by atoms with Crippen molar-refractivity contribution in [1.82, 2.24) is 5.32 Å². The van der Waals surface area contributed by atoms with Crippen LogP contribution in [0.2, 0.25) is 0 Å². The molecule has 0 aliphatic heterocycles. The molecule has 2 aromatic rings. The SMILES string of the molecule is O=C(NCc1cc(F)cc(C(F)(F)F)c1)c1ccc(O)cc1. The lowest BCUT2D eigenvalue weighted by Crippen LogP contribution is -2.23. The maximum Gasteiger partial charge on any atom is 0.416 e. The highest BCUT2D eigenvalue weighted by molar-refractivity contribution is 5.94. The average Bonchev–Trinajstić information content (AvgIpc) is 2.44. The molecular weight excluding hydrogens is 302 g/mol. The lowest BCUT2D eigenvalue weighted by Gasteiger charge is -2.10. The second kappa shape index (κ2) is 6.05. The largest absolute Gasteiger partial charge is 0.508 e. The zero-order chi connectivity index (χ0) is 16.3. The molecule has 116 valence electrons. The van der Waals surface area contributed by atoms with Gasteiger partial charge in [-0.05, 0) is 48.0 Å². The minimum Gasteiger partial charge on any atom is -0.508 e. The van der Waals surface area contributed by atoms with Gasteiger partial charge in [0.15, 0.2) is 0 Å². The molecule has 0 saturated heterocycles. The number of hydrogen-bond acceptors (Lipinski definition) is 2. The monoisotopic (exact) mass is 313 g/mol. The van der Waals surface area contributed by atoms with Crippen molar-refractivity contribution in [1.29, 1.82) is 0 Å². The second-order valence-corrected chi connectivity index (χ2v) is 4.58. The lowest BCUT2D eigenvalue weighted by atomic mass is 10.1. The van der Waals surface area contributed by atoms with Crippen molar-refractivity contribution in [2.45, 2.75) is 12.7 Å². The summed E-state index contributed by atoms with van der Waals surface area (Å²) in [6.45, 7) is -0.249. The van der Waals surface area contributed by atoms with E-state index in [1.165, 1.54) is 24.3 Å². The van der Waals surface area contributed by atoms with Crippen molar-refractivity contribution in [3.63, 3.8) is 0 Å². The summed E-state index contributed by atoms with van der Waals surface area (Å²) in [6, 6.07) is 7.42. The van der Waals surface area contributed by atoms with E-state index >= 15 is 0 Å². The van der Waals surface area contributed by atoms with Gasteiger partial charge < -0.3 is 10.4 Å². The van der Waals surface area contributed by atoms with Crippen LogP contribution in [0.3, 0.4) is 0 Å². The number of hydrogen-bond donors (Lipinski definition) is 2. The number of carbonyl (C=O) groups excluding carboxylic acids is 1. The zero-order valence-electron chi connectivity index (χ0n) is 11.1. The van der Waals surface area contributed by atoms with Crippen LogP contribution in [0.1, 0.15) is 21.5 Å². The van der Waals surface area contributed by atoms with Crippen LogP contribution in [0.25, 0.3) is 0 Å². The van der Waals surface area contributed by atoms with Crippen LogP contribution in [-0.2, 0) is 12.7 Å². The molecule has 0 atom stereocenters. The Morgan fingerprint density at radius 2 is 1.73 bits per heavy atom. The van der Waals surface area contributed by atoms with Crippen LogP contribution in [0.5, 0.6) is 5.75 Å². The summed E-state index contributed by atoms with van der Waals surface area (Å²) in [5.74, 6) is -1.59. The molecule has 0 aromatic heterocycles. The molecule has 0 radical (unpaired) electrons. The maximum atomic E-state index is 13.2. The minimum absolute atomic E-state index is 0.000506. The van der Waals surface area contributed by atoms with E-state index in [1.54, 1.807) is 0 Å². The molecule has 1 amide bonds. The number of carbonyl (C=O) groups is 1. The third kappa shape index (κ3) is 3.97. The van der Waals surface area contributed by atoms with E-state index in [-0.39, 0.29) is 23.4 Å². The van der Waals surface area contributed by atoms with E-state index in [9.17, 15) is 22.4 Å². The highest BCUT2D eigenvalue weighted by atomic mass is 19.4. The number of rotatable bonds is 3. The summed E-state index contributed by atoms with van der Waals surface area (Å²) in [5, 5.41) is 11.5. The molecule has 0 spiro atoms. The van der Waals surface area contributed by atoms with Gasteiger partial charge in [0.1, 0.15) is 11.6 Å².